The zero-order chi connectivity index (χ0) is 12.8. The molecule has 94 valence electrons. The normalized spacial score (nSPS) is 12.2. The molecule has 0 aliphatic heterocycles. The second-order valence-corrected chi connectivity index (χ2v) is 4.02. The van der Waals surface area contributed by atoms with Crippen LogP contribution in [0.15, 0.2) is 23.1 Å². The highest BCUT2D eigenvalue weighted by molar-refractivity contribution is 5.76. The van der Waals surface area contributed by atoms with Gasteiger partial charge in [-0.3, -0.25) is 4.79 Å². The second-order valence-electron chi connectivity index (χ2n) is 4.02. The van der Waals surface area contributed by atoms with Crippen LogP contribution in [0.4, 0.5) is 0 Å². The minimum atomic E-state index is -0.722. The SMILES string of the molecule is C=CCCC(=O)NC[C@H](O)c1cc(C)oc1C. The molecule has 4 heteroatoms. The van der Waals surface area contributed by atoms with Crippen LogP contribution in [0.2, 0.25) is 0 Å². The predicted octanol–water partition coefficient (Wildman–Crippen LogP) is 2.01. The molecule has 1 aromatic rings. The molecule has 0 unspecified atom stereocenters. The molecule has 1 amide bonds. The summed E-state index contributed by atoms with van der Waals surface area (Å²) in [6, 6.07) is 1.79. The van der Waals surface area contributed by atoms with E-state index in [0.29, 0.717) is 18.6 Å². The van der Waals surface area contributed by atoms with Crippen LogP contribution >= 0.6 is 0 Å². The first-order chi connectivity index (χ1) is 8.04. The molecule has 1 atom stereocenters. The highest BCUT2D eigenvalue weighted by Gasteiger charge is 2.14. The molecule has 1 rings (SSSR count). The minimum Gasteiger partial charge on any atom is -0.466 e. The summed E-state index contributed by atoms with van der Waals surface area (Å²) in [4.78, 5) is 11.3. The average Bonchev–Trinajstić information content (AvgIpc) is 2.62. The molecule has 0 fully saturated rings. The lowest BCUT2D eigenvalue weighted by Crippen LogP contribution is -2.28. The summed E-state index contributed by atoms with van der Waals surface area (Å²) >= 11 is 0. The van der Waals surface area contributed by atoms with Crippen molar-refractivity contribution < 1.29 is 14.3 Å². The molecule has 0 saturated heterocycles. The molecule has 0 aromatic carbocycles. The summed E-state index contributed by atoms with van der Waals surface area (Å²) < 4.78 is 5.32. The van der Waals surface area contributed by atoms with Gasteiger partial charge in [0, 0.05) is 18.5 Å². The Hall–Kier alpha value is -1.55. The molecule has 1 heterocycles. The van der Waals surface area contributed by atoms with Gasteiger partial charge in [-0.2, -0.15) is 0 Å². The number of rotatable bonds is 6. The van der Waals surface area contributed by atoms with Gasteiger partial charge in [-0.15, -0.1) is 6.58 Å². The first-order valence-electron chi connectivity index (χ1n) is 5.67. The lowest BCUT2D eigenvalue weighted by atomic mass is 10.1. The van der Waals surface area contributed by atoms with Crippen molar-refractivity contribution in [1.82, 2.24) is 5.32 Å². The molecular formula is C13H19NO3. The van der Waals surface area contributed by atoms with Crippen molar-refractivity contribution in [1.29, 1.82) is 0 Å². The molecule has 17 heavy (non-hydrogen) atoms. The van der Waals surface area contributed by atoms with E-state index in [2.05, 4.69) is 11.9 Å². The van der Waals surface area contributed by atoms with E-state index in [1.807, 2.05) is 6.92 Å². The van der Waals surface area contributed by atoms with Crippen LogP contribution in [-0.2, 0) is 4.79 Å². The summed E-state index contributed by atoms with van der Waals surface area (Å²) in [6.45, 7) is 7.37. The molecule has 0 aliphatic rings. The third kappa shape index (κ3) is 4.07. The van der Waals surface area contributed by atoms with Crippen LogP contribution in [0.1, 0.15) is 36.0 Å². The molecule has 0 spiro atoms. The van der Waals surface area contributed by atoms with Gasteiger partial charge in [-0.25, -0.2) is 0 Å². The smallest absolute Gasteiger partial charge is 0.220 e. The minimum absolute atomic E-state index is 0.0816. The van der Waals surface area contributed by atoms with E-state index in [0.717, 1.165) is 11.3 Å². The molecule has 0 aliphatic carbocycles. The number of nitrogens with one attached hydrogen (secondary N) is 1. The zero-order valence-electron chi connectivity index (χ0n) is 10.3. The Labute approximate surface area is 101 Å². The molecule has 0 saturated carbocycles. The van der Waals surface area contributed by atoms with E-state index in [1.54, 1.807) is 19.1 Å². The van der Waals surface area contributed by atoms with Crippen molar-refractivity contribution >= 4 is 5.91 Å². The van der Waals surface area contributed by atoms with Crippen molar-refractivity contribution in [2.24, 2.45) is 0 Å². The third-order valence-electron chi connectivity index (χ3n) is 2.51. The Bertz CT molecular complexity index is 395. The van der Waals surface area contributed by atoms with Gasteiger partial charge in [0.1, 0.15) is 11.5 Å². The van der Waals surface area contributed by atoms with Crippen molar-refractivity contribution in [3.8, 4) is 0 Å². The zero-order valence-corrected chi connectivity index (χ0v) is 10.3. The topological polar surface area (TPSA) is 62.5 Å². The van der Waals surface area contributed by atoms with Gasteiger partial charge in [-0.1, -0.05) is 6.08 Å². The lowest BCUT2D eigenvalue weighted by molar-refractivity contribution is -0.121. The lowest BCUT2D eigenvalue weighted by Gasteiger charge is -2.10. The van der Waals surface area contributed by atoms with Gasteiger partial charge in [-0.05, 0) is 26.3 Å². The highest BCUT2D eigenvalue weighted by atomic mass is 16.3. The number of aliphatic hydroxyl groups is 1. The average molecular weight is 237 g/mol. The van der Waals surface area contributed by atoms with Crippen LogP contribution in [0.3, 0.4) is 0 Å². The number of carbonyl (C=O) groups excluding carboxylic acids is 1. The third-order valence-corrected chi connectivity index (χ3v) is 2.51. The first-order valence-corrected chi connectivity index (χ1v) is 5.67. The number of aryl methyl sites for hydroxylation is 2. The van der Waals surface area contributed by atoms with Crippen molar-refractivity contribution in [2.75, 3.05) is 6.54 Å². The number of amides is 1. The van der Waals surface area contributed by atoms with E-state index in [1.165, 1.54) is 0 Å². The summed E-state index contributed by atoms with van der Waals surface area (Å²) in [6.07, 6.45) is 2.02. The Morgan fingerprint density at radius 3 is 2.88 bits per heavy atom. The quantitative estimate of drug-likeness (QED) is 0.744. The van der Waals surface area contributed by atoms with Gasteiger partial charge < -0.3 is 14.8 Å². The van der Waals surface area contributed by atoms with E-state index in [-0.39, 0.29) is 12.5 Å². The van der Waals surface area contributed by atoms with Gasteiger partial charge in [0.2, 0.25) is 5.91 Å². The van der Waals surface area contributed by atoms with E-state index >= 15 is 0 Å². The maximum absolute atomic E-state index is 11.3. The van der Waals surface area contributed by atoms with Crippen LogP contribution in [0, 0.1) is 13.8 Å². The Morgan fingerprint density at radius 1 is 1.65 bits per heavy atom. The summed E-state index contributed by atoms with van der Waals surface area (Å²) in [5, 5.41) is 12.6. The summed E-state index contributed by atoms with van der Waals surface area (Å²) in [5.74, 6) is 1.37. The number of aliphatic hydroxyl groups excluding tert-OH is 1. The van der Waals surface area contributed by atoms with Crippen molar-refractivity contribution in [3.63, 3.8) is 0 Å². The summed E-state index contributed by atoms with van der Waals surface area (Å²) in [5.41, 5.74) is 0.728. The Kier molecular flexibility index (Phi) is 4.97. The fourth-order valence-corrected chi connectivity index (χ4v) is 1.62. The maximum atomic E-state index is 11.3. The monoisotopic (exact) mass is 237 g/mol. The van der Waals surface area contributed by atoms with E-state index in [9.17, 15) is 9.90 Å². The molecule has 4 nitrogen and oxygen atoms in total. The Balaban J connectivity index is 2.44. The fraction of sp³-hybridized carbons (Fsp3) is 0.462. The van der Waals surface area contributed by atoms with Crippen LogP contribution in [-0.4, -0.2) is 17.6 Å². The van der Waals surface area contributed by atoms with Crippen LogP contribution < -0.4 is 5.32 Å². The van der Waals surface area contributed by atoms with Gasteiger partial charge in [0.05, 0.1) is 6.10 Å². The van der Waals surface area contributed by atoms with Crippen LogP contribution in [0.5, 0.6) is 0 Å². The van der Waals surface area contributed by atoms with Gasteiger partial charge in [0.25, 0.3) is 0 Å². The van der Waals surface area contributed by atoms with Gasteiger partial charge >= 0.3 is 0 Å². The van der Waals surface area contributed by atoms with Crippen molar-refractivity contribution in [2.45, 2.75) is 32.8 Å². The summed E-state index contributed by atoms with van der Waals surface area (Å²) in [7, 11) is 0. The van der Waals surface area contributed by atoms with Crippen molar-refractivity contribution in [3.05, 3.63) is 35.8 Å². The number of allylic oxidation sites excluding steroid dienone is 1. The van der Waals surface area contributed by atoms with Crippen LogP contribution in [0.25, 0.3) is 0 Å². The first kappa shape index (κ1) is 13.5. The Morgan fingerprint density at radius 2 is 2.35 bits per heavy atom. The van der Waals surface area contributed by atoms with E-state index in [4.69, 9.17) is 4.42 Å². The molecule has 1 aromatic heterocycles. The van der Waals surface area contributed by atoms with Gasteiger partial charge in [0.15, 0.2) is 0 Å². The van der Waals surface area contributed by atoms with E-state index < -0.39 is 6.10 Å². The standard InChI is InChI=1S/C13H19NO3/c1-4-5-6-13(16)14-8-12(15)11-7-9(2)17-10(11)3/h4,7,12,15H,1,5-6,8H2,2-3H3,(H,14,16)/t12-/m0/s1. The highest BCUT2D eigenvalue weighted by Crippen LogP contribution is 2.20. The molecular weight excluding hydrogens is 218 g/mol. The predicted molar refractivity (Wildman–Crippen MR) is 65.6 cm³/mol. The maximum Gasteiger partial charge on any atom is 0.220 e. The second kappa shape index (κ2) is 6.25. The molecule has 0 bridgehead atoms. The number of furan rings is 1. The number of carbonyl (C=O) groups is 1. The number of hydrogen-bond donors (Lipinski definition) is 2. The number of hydrogen-bond acceptors (Lipinski definition) is 3. The molecule has 2 N–H and O–H groups in total. The molecule has 0 radical (unpaired) electrons. The largest absolute Gasteiger partial charge is 0.466 e. The fourth-order valence-electron chi connectivity index (χ4n) is 1.62.